The minimum atomic E-state index is -2.83. The number of nitrogens with two attached hydrogens (primary N) is 2. The van der Waals surface area contributed by atoms with Crippen molar-refractivity contribution in [3.05, 3.63) is 35.9 Å². The van der Waals surface area contributed by atoms with E-state index in [4.69, 9.17) is 11.6 Å². The lowest BCUT2D eigenvalue weighted by Gasteiger charge is -2.36. The molecular weight excluding hydrogens is 291 g/mol. The van der Waals surface area contributed by atoms with Crippen LogP contribution in [0.25, 0.3) is 0 Å². The molecule has 1 aromatic rings. The van der Waals surface area contributed by atoms with Crippen LogP contribution in [0.15, 0.2) is 30.3 Å². The zero-order valence-electron chi connectivity index (χ0n) is 11.5. The summed E-state index contributed by atoms with van der Waals surface area (Å²) >= 11 is 0. The summed E-state index contributed by atoms with van der Waals surface area (Å²) in [4.78, 5) is 23.9. The molecule has 7 nitrogen and oxygen atoms in total. The van der Waals surface area contributed by atoms with Crippen molar-refractivity contribution >= 4 is 19.8 Å². The van der Waals surface area contributed by atoms with E-state index in [1.807, 2.05) is 18.2 Å². The predicted molar refractivity (Wildman–Crippen MR) is 79.3 cm³/mol. The molecule has 21 heavy (non-hydrogen) atoms. The predicted octanol–water partition coefficient (Wildman–Crippen LogP) is -0.0289. The van der Waals surface area contributed by atoms with Crippen molar-refractivity contribution in [1.82, 2.24) is 10.1 Å². The summed E-state index contributed by atoms with van der Waals surface area (Å²) < 4.78 is 12.3. The molecule has 2 rings (SSSR count). The largest absolute Gasteiger partial charge is 0.310 e. The monoisotopic (exact) mass is 310 g/mol. The van der Waals surface area contributed by atoms with Gasteiger partial charge in [0.1, 0.15) is 0 Å². The van der Waals surface area contributed by atoms with E-state index < -0.39 is 25.0 Å². The fourth-order valence-corrected chi connectivity index (χ4v) is 3.57. The number of carbonyl (C=O) groups is 2. The van der Waals surface area contributed by atoms with E-state index in [-0.39, 0.29) is 12.8 Å². The molecule has 114 valence electrons. The second-order valence-corrected chi connectivity index (χ2v) is 6.91. The molecule has 1 aliphatic heterocycles. The van der Waals surface area contributed by atoms with Gasteiger partial charge in [0.25, 0.3) is 5.91 Å². The summed E-state index contributed by atoms with van der Waals surface area (Å²) in [6.07, 6.45) is 0.903. The highest BCUT2D eigenvalue weighted by molar-refractivity contribution is 7.46. The first-order valence-electron chi connectivity index (χ1n) is 6.67. The summed E-state index contributed by atoms with van der Waals surface area (Å²) in [5.74, 6) is 4.51. The van der Waals surface area contributed by atoms with E-state index in [2.05, 4.69) is 5.09 Å². The molecule has 0 saturated carbocycles. The van der Waals surface area contributed by atoms with Crippen molar-refractivity contribution in [2.45, 2.75) is 24.5 Å². The normalized spacial score (nSPS) is 23.7. The van der Waals surface area contributed by atoms with E-state index in [0.29, 0.717) is 13.0 Å². The lowest BCUT2D eigenvalue weighted by Crippen LogP contribution is -2.60. The lowest BCUT2D eigenvalue weighted by atomic mass is 10.1. The van der Waals surface area contributed by atoms with Crippen LogP contribution in [0.5, 0.6) is 0 Å². The maximum atomic E-state index is 12.3. The number of amides is 2. The van der Waals surface area contributed by atoms with Crippen molar-refractivity contribution < 1.29 is 14.2 Å². The first-order chi connectivity index (χ1) is 9.93. The second kappa shape index (κ2) is 6.39. The van der Waals surface area contributed by atoms with Gasteiger partial charge in [0.05, 0.1) is 6.42 Å². The van der Waals surface area contributed by atoms with Gasteiger partial charge >= 0.3 is 0 Å². The number of hydrogen-bond donors (Lipinski definition) is 3. The third kappa shape index (κ3) is 3.50. The molecule has 1 aliphatic rings. The average molecular weight is 310 g/mol. The maximum Gasteiger partial charge on any atom is 0.265 e. The number of benzene rings is 1. The third-order valence-electron chi connectivity index (χ3n) is 3.48. The van der Waals surface area contributed by atoms with Crippen molar-refractivity contribution in [3.63, 3.8) is 0 Å². The van der Waals surface area contributed by atoms with E-state index in [1.54, 1.807) is 12.1 Å². The van der Waals surface area contributed by atoms with Gasteiger partial charge in [-0.1, -0.05) is 30.3 Å². The molecule has 2 amide bonds. The second-order valence-electron chi connectivity index (χ2n) is 5.11. The SMILES string of the molecule is NN1CCC[C@](N)([PH](=O)NC(=O)Cc2ccccc2)C1=O. The van der Waals surface area contributed by atoms with Crippen LogP contribution < -0.4 is 16.7 Å². The van der Waals surface area contributed by atoms with Crippen LogP contribution in [0.3, 0.4) is 0 Å². The van der Waals surface area contributed by atoms with Crippen LogP contribution in [0, 0.1) is 0 Å². The highest BCUT2D eigenvalue weighted by Gasteiger charge is 2.45. The minimum Gasteiger partial charge on any atom is -0.310 e. The first kappa shape index (κ1) is 15.7. The average Bonchev–Trinajstić information content (AvgIpc) is 2.45. The summed E-state index contributed by atoms with van der Waals surface area (Å²) in [5.41, 5.74) is 6.72. The standard InChI is InChI=1S/C13H19N4O3P/c14-13(7-4-8-17(15)12(13)19)21(20)16-11(18)9-10-5-2-1-3-6-10/h1-3,5-6,21H,4,7-9,14-15H2,(H,16,18,20)/t13-/m0/s1. The third-order valence-corrected chi connectivity index (χ3v) is 5.26. The molecular formula is C13H19N4O3P. The highest BCUT2D eigenvalue weighted by atomic mass is 31.1. The van der Waals surface area contributed by atoms with Crippen LogP contribution in [-0.4, -0.2) is 28.6 Å². The van der Waals surface area contributed by atoms with Gasteiger partial charge in [0.15, 0.2) is 13.2 Å². The number of hydrazine groups is 1. The maximum absolute atomic E-state index is 12.3. The van der Waals surface area contributed by atoms with Crippen LogP contribution in [0.1, 0.15) is 18.4 Å². The zero-order valence-corrected chi connectivity index (χ0v) is 12.5. The molecule has 1 saturated heterocycles. The van der Waals surface area contributed by atoms with Gasteiger partial charge in [-0.2, -0.15) is 0 Å². The van der Waals surface area contributed by atoms with Crippen LogP contribution in [0.2, 0.25) is 0 Å². The number of hydrogen-bond acceptors (Lipinski definition) is 5. The summed E-state index contributed by atoms with van der Waals surface area (Å²) in [6.45, 7) is 0.380. The number of nitrogens with one attached hydrogen (secondary N) is 1. The smallest absolute Gasteiger partial charge is 0.265 e. The summed E-state index contributed by atoms with van der Waals surface area (Å²) in [6, 6.07) is 9.06. The van der Waals surface area contributed by atoms with E-state index in [0.717, 1.165) is 10.6 Å². The Morgan fingerprint density at radius 2 is 2.05 bits per heavy atom. The van der Waals surface area contributed by atoms with Crippen molar-refractivity contribution in [1.29, 1.82) is 0 Å². The van der Waals surface area contributed by atoms with Crippen LogP contribution in [0.4, 0.5) is 0 Å². The molecule has 1 fully saturated rings. The fraction of sp³-hybridized carbons (Fsp3) is 0.385. The number of piperidine rings is 1. The molecule has 8 heteroatoms. The molecule has 0 aliphatic carbocycles. The number of nitrogens with zero attached hydrogens (tertiary/aromatic N) is 1. The Balaban J connectivity index is 2.00. The Hall–Kier alpha value is -1.69. The molecule has 1 aromatic carbocycles. The van der Waals surface area contributed by atoms with Gasteiger partial charge in [-0.05, 0) is 18.4 Å². The Bertz CT molecular complexity index is 566. The van der Waals surface area contributed by atoms with Gasteiger partial charge in [-0.15, -0.1) is 0 Å². The van der Waals surface area contributed by atoms with Gasteiger partial charge < -0.3 is 15.4 Å². The molecule has 0 bridgehead atoms. The van der Waals surface area contributed by atoms with Gasteiger partial charge in [0, 0.05) is 6.54 Å². The summed E-state index contributed by atoms with van der Waals surface area (Å²) in [7, 11) is -2.83. The van der Waals surface area contributed by atoms with Crippen LogP contribution in [-0.2, 0) is 20.6 Å². The molecule has 0 aromatic heterocycles. The van der Waals surface area contributed by atoms with Crippen molar-refractivity contribution in [2.75, 3.05) is 6.54 Å². The molecule has 0 radical (unpaired) electrons. The topological polar surface area (TPSA) is 119 Å². The Kier molecular flexibility index (Phi) is 4.77. The molecule has 1 unspecified atom stereocenters. The van der Waals surface area contributed by atoms with Crippen molar-refractivity contribution in [3.8, 4) is 0 Å². The van der Waals surface area contributed by atoms with Crippen molar-refractivity contribution in [2.24, 2.45) is 11.6 Å². The molecule has 1 heterocycles. The molecule has 0 spiro atoms. The first-order valence-corrected chi connectivity index (χ1v) is 8.08. The number of carbonyl (C=O) groups excluding carboxylic acids is 2. The van der Waals surface area contributed by atoms with Crippen LogP contribution >= 0.6 is 7.95 Å². The van der Waals surface area contributed by atoms with E-state index in [1.165, 1.54) is 0 Å². The zero-order chi connectivity index (χ0) is 15.5. The minimum absolute atomic E-state index is 0.0911. The fourth-order valence-electron chi connectivity index (χ4n) is 2.27. The van der Waals surface area contributed by atoms with E-state index >= 15 is 0 Å². The Morgan fingerprint density at radius 3 is 2.71 bits per heavy atom. The number of rotatable bonds is 4. The Morgan fingerprint density at radius 1 is 1.38 bits per heavy atom. The quantitative estimate of drug-likeness (QED) is 0.410. The van der Waals surface area contributed by atoms with Gasteiger partial charge in [0.2, 0.25) is 5.91 Å². The summed E-state index contributed by atoms with van der Waals surface area (Å²) in [5, 5.41) is 1.76. The Labute approximate surface area is 123 Å². The molecule has 5 N–H and O–H groups in total. The van der Waals surface area contributed by atoms with Gasteiger partial charge in [-0.3, -0.25) is 14.6 Å². The van der Waals surface area contributed by atoms with Gasteiger partial charge in [-0.25, -0.2) is 5.84 Å². The van der Waals surface area contributed by atoms with E-state index in [9.17, 15) is 14.2 Å². The lowest BCUT2D eigenvalue weighted by molar-refractivity contribution is -0.136. The highest BCUT2D eigenvalue weighted by Crippen LogP contribution is 2.38. The molecule has 2 atom stereocenters.